The van der Waals surface area contributed by atoms with E-state index >= 15 is 0 Å². The van der Waals surface area contributed by atoms with E-state index in [1.54, 1.807) is 29.4 Å². The van der Waals surface area contributed by atoms with Crippen molar-refractivity contribution in [2.75, 3.05) is 0 Å². The Morgan fingerprint density at radius 3 is 1.04 bits per heavy atom. The van der Waals surface area contributed by atoms with E-state index in [4.69, 9.17) is 28.8 Å². The number of rotatable bonds is 0. The molecule has 0 aromatic heterocycles. The molecule has 0 aliphatic heterocycles. The maximum absolute atomic E-state index is 10.7. The third-order valence-corrected chi connectivity index (χ3v) is 3.89. The molecule has 1 rings (SSSR count). The molecule has 0 atom stereocenters. The molecule has 0 N–H and O–H groups in total. The quantitative estimate of drug-likeness (QED) is 0.258. The molecule has 0 spiro atoms. The second-order valence-corrected chi connectivity index (χ2v) is 6.28. The van der Waals surface area contributed by atoms with Gasteiger partial charge in [0.25, 0.3) is 0 Å². The van der Waals surface area contributed by atoms with Gasteiger partial charge in [0, 0.05) is 40.2 Å². The van der Waals surface area contributed by atoms with Crippen molar-refractivity contribution >= 4 is 10.1 Å². The molecule has 1 aliphatic rings. The van der Waals surface area contributed by atoms with Crippen molar-refractivity contribution in [3.05, 3.63) is 22.3 Å². The van der Waals surface area contributed by atoms with Crippen LogP contribution in [0.2, 0.25) is 0 Å². The van der Waals surface area contributed by atoms with Gasteiger partial charge in [0.05, 0.1) is 18.2 Å². The van der Waals surface area contributed by atoms with Gasteiger partial charge in [-0.25, -0.2) is 8.42 Å². The summed E-state index contributed by atoms with van der Waals surface area (Å²) in [5.41, 5.74) is 0.465. The molecule has 28 heavy (non-hydrogen) atoms. The van der Waals surface area contributed by atoms with E-state index < -0.39 is 15.6 Å². The van der Waals surface area contributed by atoms with Gasteiger partial charge in [-0.3, -0.25) is 0 Å². The molecule has 0 unspecified atom stereocenters. The van der Waals surface area contributed by atoms with Gasteiger partial charge in [-0.15, -0.1) is 0 Å². The van der Waals surface area contributed by atoms with Crippen LogP contribution in [0.4, 0.5) is 13.2 Å². The maximum Gasteiger partial charge on any atom is 0.485 e. The third kappa shape index (κ3) is 17.7. The van der Waals surface area contributed by atoms with Crippen molar-refractivity contribution in [3.8, 4) is 18.2 Å². The molecule has 0 fully saturated rings. The minimum atomic E-state index is -6.09. The summed E-state index contributed by atoms with van der Waals surface area (Å²) >= 11 is 0. The Hall–Kier alpha value is -1.73. The minimum Gasteiger partial charge on any atom is -0.741 e. The Morgan fingerprint density at radius 2 is 1.00 bits per heavy atom. The predicted octanol–water partition coefficient (Wildman–Crippen LogP) is 4.95. The van der Waals surface area contributed by atoms with E-state index in [1.807, 2.05) is 0 Å². The molecule has 0 aromatic rings. The summed E-state index contributed by atoms with van der Waals surface area (Å²) in [6.45, 7) is 15.5. The van der Waals surface area contributed by atoms with Crippen LogP contribution >= 0.6 is 0 Å². The Kier molecular flexibility index (Phi) is 24.7. The van der Waals surface area contributed by atoms with Crippen molar-refractivity contribution in [3.63, 3.8) is 0 Å². The monoisotopic (exact) mass is 510 g/mol. The van der Waals surface area contributed by atoms with Crippen molar-refractivity contribution in [1.29, 1.82) is 15.8 Å². The summed E-state index contributed by atoms with van der Waals surface area (Å²) in [6, 6.07) is 5.25. The van der Waals surface area contributed by atoms with E-state index in [0.29, 0.717) is 5.92 Å². The van der Waals surface area contributed by atoms with Crippen molar-refractivity contribution in [1.82, 2.24) is 0 Å². The number of nitriles is 3. The van der Waals surface area contributed by atoms with Gasteiger partial charge in [-0.2, -0.15) is 29.0 Å². The van der Waals surface area contributed by atoms with Gasteiger partial charge < -0.3 is 4.55 Å². The normalized spacial score (nSPS) is 12.5. The van der Waals surface area contributed by atoms with Crippen molar-refractivity contribution in [2.24, 2.45) is 5.92 Å². The van der Waals surface area contributed by atoms with Crippen LogP contribution in [0.25, 0.3) is 0 Å². The number of hydrogen-bond acceptors (Lipinski definition) is 6. The summed E-state index contributed by atoms with van der Waals surface area (Å²) in [6.07, 6.45) is 0. The molecular weight excluding hydrogens is 484 g/mol. The van der Waals surface area contributed by atoms with Gasteiger partial charge in [-0.05, 0) is 44.8 Å². The molecule has 0 radical (unpaired) electrons. The van der Waals surface area contributed by atoms with E-state index in [9.17, 15) is 13.2 Å². The predicted molar refractivity (Wildman–Crippen MR) is 95.5 cm³/mol. The fourth-order valence-electron chi connectivity index (χ4n) is 1.57. The van der Waals surface area contributed by atoms with Crippen LogP contribution in [0.3, 0.4) is 0 Å². The molecule has 162 valence electrons. The van der Waals surface area contributed by atoms with E-state index in [2.05, 4.69) is 34.6 Å². The second-order valence-electron chi connectivity index (χ2n) is 4.91. The number of halogens is 3. The molecule has 6 nitrogen and oxygen atoms in total. The van der Waals surface area contributed by atoms with Gasteiger partial charge in [0.2, 0.25) is 0 Å². The molecule has 0 saturated heterocycles. The molecule has 1 aliphatic carbocycles. The minimum absolute atomic E-state index is 0. The standard InChI is InChI=1S/C10H16.3C2H3N.CHF3O3S.Ru/c1-6-7(2)9(4)10(5)8(6)3;3*1-2-3;2-1(3,4)8(5,6)7;/h6H,1-5H3;3*1H3;(H,5,6,7);/p-1. The van der Waals surface area contributed by atoms with Gasteiger partial charge >= 0.3 is 5.51 Å². The molecule has 0 aromatic carbocycles. The van der Waals surface area contributed by atoms with Gasteiger partial charge in [0.1, 0.15) is 0 Å². The van der Waals surface area contributed by atoms with Crippen molar-refractivity contribution < 1.29 is 45.6 Å². The van der Waals surface area contributed by atoms with Crippen LogP contribution in [-0.2, 0) is 29.6 Å². The number of alkyl halides is 3. The first-order valence-corrected chi connectivity index (χ1v) is 8.75. The smallest absolute Gasteiger partial charge is 0.485 e. The zero-order valence-corrected chi connectivity index (χ0v) is 19.6. The summed E-state index contributed by atoms with van der Waals surface area (Å²) in [5.74, 6) is 0.694. The Bertz CT molecular complexity index is 686. The van der Waals surface area contributed by atoms with Crippen molar-refractivity contribution in [2.45, 2.75) is 60.9 Å². The fraction of sp³-hybridized carbons (Fsp3) is 0.588. The third-order valence-electron chi connectivity index (χ3n) is 3.33. The van der Waals surface area contributed by atoms with Crippen LogP contribution in [-0.4, -0.2) is 18.5 Å². The first-order chi connectivity index (χ1) is 12.0. The molecule has 0 heterocycles. The molecule has 0 saturated carbocycles. The zero-order valence-electron chi connectivity index (χ0n) is 17.0. The first kappa shape index (κ1) is 37.1. The van der Waals surface area contributed by atoms with E-state index in [1.165, 1.54) is 31.9 Å². The van der Waals surface area contributed by atoms with Gasteiger partial charge in [0.15, 0.2) is 10.1 Å². The number of hydrogen-bond donors (Lipinski definition) is 0. The van der Waals surface area contributed by atoms with Crippen LogP contribution < -0.4 is 0 Å². The van der Waals surface area contributed by atoms with Crippen LogP contribution in [0.1, 0.15) is 55.4 Å². The fourth-order valence-corrected chi connectivity index (χ4v) is 1.57. The first-order valence-electron chi connectivity index (χ1n) is 7.35. The molecule has 11 heteroatoms. The summed E-state index contributed by atoms with van der Waals surface area (Å²) < 4.78 is 58.9. The number of nitrogens with zero attached hydrogens (tertiary/aromatic N) is 3. The maximum atomic E-state index is 10.7. The van der Waals surface area contributed by atoms with Crippen LogP contribution in [0, 0.1) is 39.9 Å². The topological polar surface area (TPSA) is 129 Å². The Labute approximate surface area is 178 Å². The number of allylic oxidation sites excluding steroid dienone is 4. The second kappa shape index (κ2) is 18.6. The Balaban J connectivity index is -0.0000000878. The van der Waals surface area contributed by atoms with Gasteiger partial charge in [-0.1, -0.05) is 18.1 Å². The average Bonchev–Trinajstić information content (AvgIpc) is 2.66. The Morgan fingerprint density at radius 1 is 0.857 bits per heavy atom. The zero-order chi connectivity index (χ0) is 23.0. The SMILES string of the molecule is CC#N.CC#N.CC#N.CC1=C(C)C(C)C(C)=C1C.O=S(=O)([O-])C(F)(F)F.[Ru]. The average molecular weight is 510 g/mol. The molecular formula is C17H25F3N3O3RuS-. The summed E-state index contributed by atoms with van der Waals surface area (Å²) in [7, 11) is -6.09. The largest absolute Gasteiger partial charge is 0.741 e. The van der Waals surface area contributed by atoms with E-state index in [0.717, 1.165) is 0 Å². The van der Waals surface area contributed by atoms with Crippen LogP contribution in [0.15, 0.2) is 22.3 Å². The van der Waals surface area contributed by atoms with E-state index in [-0.39, 0.29) is 19.5 Å². The summed E-state index contributed by atoms with van der Waals surface area (Å²) in [5, 5.41) is 22.0. The molecule has 0 amide bonds. The van der Waals surface area contributed by atoms with Crippen LogP contribution in [0.5, 0.6) is 0 Å². The molecule has 0 bridgehead atoms. The summed E-state index contributed by atoms with van der Waals surface area (Å²) in [4.78, 5) is 0.